The zero-order chi connectivity index (χ0) is 29.6. The minimum absolute atomic E-state index is 0.0424. The number of aromatic hydroxyl groups is 1. The number of phenols is 1. The van der Waals surface area contributed by atoms with E-state index in [0.717, 1.165) is 19.3 Å². The number of nitrogens with one attached hydrogen (secondary N) is 2. The highest BCUT2D eigenvalue weighted by atomic mass is 16.6. The van der Waals surface area contributed by atoms with Crippen molar-refractivity contribution in [3.63, 3.8) is 0 Å². The maximum absolute atomic E-state index is 14.0. The predicted octanol–water partition coefficient (Wildman–Crippen LogP) is 2.29. The number of rotatable bonds is 15. The van der Waals surface area contributed by atoms with Crippen LogP contribution in [-0.2, 0) is 28.7 Å². The van der Waals surface area contributed by atoms with Gasteiger partial charge in [-0.15, -0.1) is 0 Å². The molecule has 0 heterocycles. The smallest absolute Gasteiger partial charge is 0.408 e. The lowest BCUT2D eigenvalue weighted by molar-refractivity contribution is -0.145. The standard InChI is InChI=1S/C27H42N4O8/c1-6-7-8-9-16-31(25(36)20(14-15-21(28)33)30-26(37)39-27(2,3)4)23(18-10-12-19(32)13-11-18)24(35)29-17-22(34)38-5/h10-13,20,23,32H,6-9,14-17H2,1-5H3,(H2,28,33)(H,29,35)(H,30,37). The number of carbonyl (C=O) groups excluding carboxylic acids is 5. The lowest BCUT2D eigenvalue weighted by Gasteiger charge is -2.34. The number of nitrogens with two attached hydrogens (primary N) is 1. The fourth-order valence-corrected chi connectivity index (χ4v) is 3.73. The number of phenolic OH excluding ortho intramolecular Hbond substituents is 1. The Balaban J connectivity index is 3.48. The van der Waals surface area contributed by atoms with Gasteiger partial charge in [-0.2, -0.15) is 0 Å². The Labute approximate surface area is 229 Å². The molecule has 0 spiro atoms. The summed E-state index contributed by atoms with van der Waals surface area (Å²) >= 11 is 0. The zero-order valence-corrected chi connectivity index (χ0v) is 23.5. The maximum Gasteiger partial charge on any atom is 0.408 e. The zero-order valence-electron chi connectivity index (χ0n) is 23.5. The van der Waals surface area contributed by atoms with E-state index in [9.17, 15) is 29.1 Å². The number of alkyl carbamates (subject to hydrolysis) is 1. The highest BCUT2D eigenvalue weighted by molar-refractivity contribution is 5.93. The minimum Gasteiger partial charge on any atom is -0.508 e. The molecule has 0 bridgehead atoms. The molecule has 12 heteroatoms. The molecule has 2 unspecified atom stereocenters. The van der Waals surface area contributed by atoms with E-state index >= 15 is 0 Å². The number of nitrogens with zero attached hydrogens (tertiary/aromatic N) is 1. The average Bonchev–Trinajstić information content (AvgIpc) is 2.86. The number of benzene rings is 1. The third kappa shape index (κ3) is 12.5. The minimum atomic E-state index is -1.23. The number of primary amides is 1. The number of hydrogen-bond donors (Lipinski definition) is 4. The second-order valence-electron chi connectivity index (χ2n) is 10.1. The summed E-state index contributed by atoms with van der Waals surface area (Å²) in [4.78, 5) is 64.5. The number of carbonyl (C=O) groups is 5. The SMILES string of the molecule is CCCCCCN(C(=O)C(CCC(N)=O)NC(=O)OC(C)(C)C)C(C(=O)NCC(=O)OC)c1ccc(O)cc1. The molecule has 1 aromatic carbocycles. The molecule has 0 aromatic heterocycles. The van der Waals surface area contributed by atoms with Gasteiger partial charge in [0.15, 0.2) is 0 Å². The third-order valence-corrected chi connectivity index (χ3v) is 5.61. The summed E-state index contributed by atoms with van der Waals surface area (Å²) < 4.78 is 9.91. The van der Waals surface area contributed by atoms with Crippen LogP contribution in [0.25, 0.3) is 0 Å². The van der Waals surface area contributed by atoms with E-state index in [1.165, 1.54) is 36.3 Å². The van der Waals surface area contributed by atoms with Gasteiger partial charge < -0.3 is 35.8 Å². The van der Waals surface area contributed by atoms with Crippen molar-refractivity contribution >= 4 is 29.8 Å². The van der Waals surface area contributed by atoms with Gasteiger partial charge in [-0.25, -0.2) is 4.79 Å². The highest BCUT2D eigenvalue weighted by Gasteiger charge is 2.36. The molecular weight excluding hydrogens is 508 g/mol. The van der Waals surface area contributed by atoms with Crippen LogP contribution in [0.1, 0.15) is 77.8 Å². The van der Waals surface area contributed by atoms with E-state index in [0.29, 0.717) is 12.0 Å². The van der Waals surface area contributed by atoms with Gasteiger partial charge in [-0.3, -0.25) is 19.2 Å². The Hall–Kier alpha value is -3.83. The normalized spacial score (nSPS) is 12.5. The topological polar surface area (TPSA) is 177 Å². The van der Waals surface area contributed by atoms with Crippen molar-refractivity contribution in [3.05, 3.63) is 29.8 Å². The Morgan fingerprint density at radius 3 is 2.23 bits per heavy atom. The van der Waals surface area contributed by atoms with Crippen molar-refractivity contribution in [3.8, 4) is 5.75 Å². The van der Waals surface area contributed by atoms with Crippen LogP contribution < -0.4 is 16.4 Å². The summed E-state index contributed by atoms with van der Waals surface area (Å²) in [6.45, 7) is 6.74. The Morgan fingerprint density at radius 1 is 1.05 bits per heavy atom. The van der Waals surface area contributed by atoms with Crippen molar-refractivity contribution < 1.29 is 38.6 Å². The number of esters is 1. The molecule has 218 valence electrons. The Bertz CT molecular complexity index is 975. The highest BCUT2D eigenvalue weighted by Crippen LogP contribution is 2.26. The molecule has 0 radical (unpaired) electrons. The summed E-state index contributed by atoms with van der Waals surface area (Å²) in [5.74, 6) is -2.69. The monoisotopic (exact) mass is 550 g/mol. The van der Waals surface area contributed by atoms with Gasteiger partial charge in [-0.05, 0) is 51.3 Å². The van der Waals surface area contributed by atoms with Crippen LogP contribution in [0, 0.1) is 0 Å². The number of amides is 4. The van der Waals surface area contributed by atoms with Crippen molar-refractivity contribution in [1.29, 1.82) is 0 Å². The predicted molar refractivity (Wildman–Crippen MR) is 143 cm³/mol. The van der Waals surface area contributed by atoms with Crippen LogP contribution in [0.4, 0.5) is 4.79 Å². The van der Waals surface area contributed by atoms with Crippen LogP contribution in [0.3, 0.4) is 0 Å². The summed E-state index contributed by atoms with van der Waals surface area (Å²) in [5, 5.41) is 14.8. The van der Waals surface area contributed by atoms with Crippen molar-refractivity contribution in [2.24, 2.45) is 5.73 Å². The van der Waals surface area contributed by atoms with Gasteiger partial charge in [0, 0.05) is 13.0 Å². The molecular formula is C27H42N4O8. The Kier molecular flexibility index (Phi) is 13.8. The quantitative estimate of drug-likeness (QED) is 0.190. The molecule has 1 aromatic rings. The molecule has 2 atom stereocenters. The second kappa shape index (κ2) is 16.2. The molecule has 0 aliphatic carbocycles. The molecule has 0 saturated heterocycles. The van der Waals surface area contributed by atoms with Gasteiger partial charge >= 0.3 is 12.1 Å². The molecule has 5 N–H and O–H groups in total. The van der Waals surface area contributed by atoms with Gasteiger partial charge in [0.1, 0.15) is 30.0 Å². The van der Waals surface area contributed by atoms with E-state index in [1.807, 2.05) is 6.92 Å². The van der Waals surface area contributed by atoms with E-state index in [2.05, 4.69) is 15.4 Å². The summed E-state index contributed by atoms with van der Waals surface area (Å²) in [6.07, 6.45) is 1.98. The van der Waals surface area contributed by atoms with Gasteiger partial charge in [-0.1, -0.05) is 38.3 Å². The fraction of sp³-hybridized carbons (Fsp3) is 0.593. The van der Waals surface area contributed by atoms with Crippen LogP contribution in [0.2, 0.25) is 0 Å². The first-order valence-electron chi connectivity index (χ1n) is 13.0. The Morgan fingerprint density at radius 2 is 1.69 bits per heavy atom. The van der Waals surface area contributed by atoms with E-state index < -0.39 is 54.0 Å². The van der Waals surface area contributed by atoms with Gasteiger partial charge in [0.05, 0.1) is 7.11 Å². The molecule has 12 nitrogen and oxygen atoms in total. The molecule has 4 amide bonds. The second-order valence-corrected chi connectivity index (χ2v) is 10.1. The van der Waals surface area contributed by atoms with Gasteiger partial charge in [0.25, 0.3) is 0 Å². The first kappa shape index (κ1) is 33.2. The maximum atomic E-state index is 14.0. The largest absolute Gasteiger partial charge is 0.508 e. The molecule has 0 saturated carbocycles. The molecule has 1 rings (SSSR count). The number of hydrogen-bond acceptors (Lipinski definition) is 8. The summed E-state index contributed by atoms with van der Waals surface area (Å²) in [6, 6.07) is 3.28. The fourth-order valence-electron chi connectivity index (χ4n) is 3.73. The average molecular weight is 551 g/mol. The first-order valence-corrected chi connectivity index (χ1v) is 13.0. The summed E-state index contributed by atoms with van der Waals surface area (Å²) in [5.41, 5.74) is 4.84. The van der Waals surface area contributed by atoms with Crippen molar-refractivity contribution in [2.75, 3.05) is 20.2 Å². The number of methoxy groups -OCH3 is 1. The van der Waals surface area contributed by atoms with E-state index in [-0.39, 0.29) is 25.1 Å². The third-order valence-electron chi connectivity index (χ3n) is 5.61. The molecule has 0 aliphatic rings. The van der Waals surface area contributed by atoms with E-state index in [4.69, 9.17) is 10.5 Å². The first-order chi connectivity index (χ1) is 18.3. The van der Waals surface area contributed by atoms with Crippen LogP contribution in [-0.4, -0.2) is 71.6 Å². The van der Waals surface area contributed by atoms with Crippen LogP contribution in [0.15, 0.2) is 24.3 Å². The molecule has 39 heavy (non-hydrogen) atoms. The molecule has 0 fully saturated rings. The molecule has 0 aliphatic heterocycles. The lowest BCUT2D eigenvalue weighted by atomic mass is 10.0. The lowest BCUT2D eigenvalue weighted by Crippen LogP contribution is -2.53. The van der Waals surface area contributed by atoms with Crippen LogP contribution >= 0.6 is 0 Å². The van der Waals surface area contributed by atoms with Crippen molar-refractivity contribution in [2.45, 2.75) is 83.9 Å². The van der Waals surface area contributed by atoms with E-state index in [1.54, 1.807) is 20.8 Å². The number of unbranched alkanes of at least 4 members (excludes halogenated alkanes) is 3. The number of ether oxygens (including phenoxy) is 2. The van der Waals surface area contributed by atoms with Gasteiger partial charge in [0.2, 0.25) is 17.7 Å². The van der Waals surface area contributed by atoms with Crippen LogP contribution in [0.5, 0.6) is 5.75 Å². The summed E-state index contributed by atoms with van der Waals surface area (Å²) in [7, 11) is 1.18. The van der Waals surface area contributed by atoms with Crippen molar-refractivity contribution in [1.82, 2.24) is 15.5 Å².